The molecule has 0 spiro atoms. The van der Waals surface area contributed by atoms with Crippen molar-refractivity contribution in [3.8, 4) is 5.75 Å². The number of amides is 2. The van der Waals surface area contributed by atoms with E-state index in [1.807, 2.05) is 35.9 Å². The SMILES string of the molecule is COc1cc(CC(=O)N2CCC[C@H]2C(F)OC2CCC(C(=O)O)CC2)c(F)cc1NC(=O)c1cn(C)c2ccccc12. The maximum Gasteiger partial charge on any atom is 0.306 e. The van der Waals surface area contributed by atoms with Gasteiger partial charge in [-0.2, -0.15) is 0 Å². The monoisotopic (exact) mass is 583 g/mol. The molecule has 42 heavy (non-hydrogen) atoms. The molecule has 2 aromatic carbocycles. The topological polar surface area (TPSA) is 110 Å². The zero-order valence-corrected chi connectivity index (χ0v) is 23.6. The number of hydrogen-bond donors (Lipinski definition) is 2. The van der Waals surface area contributed by atoms with Gasteiger partial charge in [0, 0.05) is 42.3 Å². The average Bonchev–Trinajstić information content (AvgIpc) is 3.60. The molecule has 2 fully saturated rings. The van der Waals surface area contributed by atoms with Gasteiger partial charge in [-0.3, -0.25) is 14.4 Å². The number of nitrogens with zero attached hydrogens (tertiary/aromatic N) is 2. The van der Waals surface area contributed by atoms with E-state index in [9.17, 15) is 19.5 Å². The first-order valence-electron chi connectivity index (χ1n) is 14.2. The summed E-state index contributed by atoms with van der Waals surface area (Å²) in [5.41, 5.74) is 1.49. The van der Waals surface area contributed by atoms with Gasteiger partial charge < -0.3 is 29.4 Å². The molecule has 3 aromatic rings. The molecule has 2 aliphatic rings. The van der Waals surface area contributed by atoms with Crippen molar-refractivity contribution in [1.82, 2.24) is 9.47 Å². The number of carboxylic acid groups (broad SMARTS) is 1. The Morgan fingerprint density at radius 3 is 2.57 bits per heavy atom. The van der Waals surface area contributed by atoms with Crippen LogP contribution in [0.5, 0.6) is 5.75 Å². The quantitative estimate of drug-likeness (QED) is 0.364. The van der Waals surface area contributed by atoms with Crippen LogP contribution < -0.4 is 10.1 Å². The molecule has 0 radical (unpaired) electrons. The van der Waals surface area contributed by atoms with Crippen LogP contribution in [0.3, 0.4) is 0 Å². The standard InChI is InChI=1S/C31H35F2N3O6/c1-35-17-22(21-6-3-4-7-25(21)35)30(38)34-24-16-23(32)19(14-27(24)41-2)15-28(37)36-13-5-8-26(36)29(33)42-20-11-9-18(10-12-20)31(39)40/h3-4,6-7,14,16-18,20,26,29H,5,8-13,15H2,1-2H3,(H,34,38)(H,39,40)/t18?,20?,26-,29?/m0/s1. The van der Waals surface area contributed by atoms with Crippen molar-refractivity contribution in [2.24, 2.45) is 13.0 Å². The summed E-state index contributed by atoms with van der Waals surface area (Å²) >= 11 is 0. The van der Waals surface area contributed by atoms with E-state index in [2.05, 4.69) is 5.32 Å². The van der Waals surface area contributed by atoms with E-state index in [0.29, 0.717) is 50.6 Å². The van der Waals surface area contributed by atoms with Crippen molar-refractivity contribution >= 4 is 34.4 Å². The van der Waals surface area contributed by atoms with Crippen molar-refractivity contribution in [2.75, 3.05) is 19.0 Å². The fourth-order valence-electron chi connectivity index (χ4n) is 6.07. The van der Waals surface area contributed by atoms with Gasteiger partial charge >= 0.3 is 5.97 Å². The van der Waals surface area contributed by atoms with Gasteiger partial charge in [-0.05, 0) is 50.7 Å². The first kappa shape index (κ1) is 29.5. The highest BCUT2D eigenvalue weighted by Gasteiger charge is 2.38. The van der Waals surface area contributed by atoms with Gasteiger partial charge in [0.15, 0.2) is 0 Å². The Kier molecular flexibility index (Phi) is 8.77. The lowest BCUT2D eigenvalue weighted by atomic mass is 9.87. The van der Waals surface area contributed by atoms with Crippen molar-refractivity contribution in [3.63, 3.8) is 0 Å². The Balaban J connectivity index is 1.24. The van der Waals surface area contributed by atoms with Crippen LogP contribution in [0.15, 0.2) is 42.6 Å². The number of aliphatic carboxylic acids is 1. The lowest BCUT2D eigenvalue weighted by molar-refractivity contribution is -0.156. The maximum absolute atomic E-state index is 15.3. The Morgan fingerprint density at radius 1 is 1.12 bits per heavy atom. The fourth-order valence-corrected chi connectivity index (χ4v) is 6.07. The molecule has 224 valence electrons. The minimum atomic E-state index is -1.71. The number of fused-ring (bicyclic) bond motifs is 1. The summed E-state index contributed by atoms with van der Waals surface area (Å²) in [4.78, 5) is 38.9. The van der Waals surface area contributed by atoms with Crippen molar-refractivity contribution < 1.29 is 37.7 Å². The van der Waals surface area contributed by atoms with Crippen LogP contribution in [0.1, 0.15) is 54.4 Å². The number of carbonyl (C=O) groups excluding carboxylic acids is 2. The van der Waals surface area contributed by atoms with Crippen molar-refractivity contribution in [3.05, 3.63) is 59.5 Å². The molecule has 1 aromatic heterocycles. The summed E-state index contributed by atoms with van der Waals surface area (Å²) in [6, 6.07) is 9.15. The molecule has 2 N–H and O–H groups in total. The summed E-state index contributed by atoms with van der Waals surface area (Å²) in [6.07, 6.45) is 2.05. The Bertz CT molecular complexity index is 1480. The summed E-state index contributed by atoms with van der Waals surface area (Å²) < 4.78 is 43.4. The van der Waals surface area contributed by atoms with Gasteiger partial charge in [0.2, 0.25) is 12.3 Å². The van der Waals surface area contributed by atoms with Crippen LogP contribution >= 0.6 is 0 Å². The highest BCUT2D eigenvalue weighted by Crippen LogP contribution is 2.33. The normalized spacial score (nSPS) is 21.3. The summed E-state index contributed by atoms with van der Waals surface area (Å²) in [5.74, 6) is -2.66. The Labute approximate surface area is 242 Å². The number of aromatic nitrogens is 1. The molecule has 1 aliphatic heterocycles. The Morgan fingerprint density at radius 2 is 1.86 bits per heavy atom. The third kappa shape index (κ3) is 6.11. The molecule has 0 bridgehead atoms. The maximum atomic E-state index is 15.3. The average molecular weight is 584 g/mol. The number of likely N-dealkylation sites (tertiary alicyclic amines) is 1. The predicted octanol–water partition coefficient (Wildman–Crippen LogP) is 5.07. The molecule has 1 unspecified atom stereocenters. The lowest BCUT2D eigenvalue weighted by Gasteiger charge is -2.32. The fraction of sp³-hybridized carbons (Fsp3) is 0.452. The van der Waals surface area contributed by atoms with Crippen LogP contribution in [0.25, 0.3) is 10.9 Å². The van der Waals surface area contributed by atoms with Crippen LogP contribution in [0.4, 0.5) is 14.5 Å². The van der Waals surface area contributed by atoms with Gasteiger partial charge in [-0.15, -0.1) is 0 Å². The first-order valence-corrected chi connectivity index (χ1v) is 14.2. The molecule has 1 aliphatic carbocycles. The number of rotatable bonds is 9. The van der Waals surface area contributed by atoms with E-state index < -0.39 is 48.0 Å². The zero-order valence-electron chi connectivity index (χ0n) is 23.6. The number of carboxylic acids is 1. The number of nitrogens with one attached hydrogen (secondary N) is 1. The number of anilines is 1. The number of aryl methyl sites for hydroxylation is 1. The smallest absolute Gasteiger partial charge is 0.306 e. The number of carbonyl (C=O) groups is 3. The van der Waals surface area contributed by atoms with Crippen LogP contribution in [0, 0.1) is 11.7 Å². The van der Waals surface area contributed by atoms with Crippen molar-refractivity contribution in [2.45, 2.75) is 63.4 Å². The van der Waals surface area contributed by atoms with Gasteiger partial charge in [-0.25, -0.2) is 8.78 Å². The molecule has 1 saturated carbocycles. The number of para-hydroxylation sites is 1. The molecule has 2 heterocycles. The number of methoxy groups -OCH3 is 1. The second-order valence-electron chi connectivity index (χ2n) is 11.0. The molecule has 5 rings (SSSR count). The zero-order chi connectivity index (χ0) is 30.0. The van der Waals surface area contributed by atoms with Gasteiger partial charge in [-0.1, -0.05) is 18.2 Å². The van der Waals surface area contributed by atoms with E-state index in [0.717, 1.165) is 17.0 Å². The number of halogens is 2. The predicted molar refractivity (Wildman–Crippen MR) is 152 cm³/mol. The highest BCUT2D eigenvalue weighted by molar-refractivity contribution is 6.13. The number of alkyl halides is 1. The van der Waals surface area contributed by atoms with Gasteiger partial charge in [0.25, 0.3) is 5.91 Å². The number of ether oxygens (including phenoxy) is 2. The highest BCUT2D eigenvalue weighted by atomic mass is 19.1. The van der Waals surface area contributed by atoms with E-state index in [-0.39, 0.29) is 23.4 Å². The summed E-state index contributed by atoms with van der Waals surface area (Å²) in [5, 5.41) is 12.6. The molecular formula is C31H35F2N3O6. The second kappa shape index (κ2) is 12.5. The molecule has 1 saturated heterocycles. The number of benzene rings is 2. The van der Waals surface area contributed by atoms with Crippen LogP contribution in [-0.4, -0.2) is 64.5 Å². The molecular weight excluding hydrogens is 548 g/mol. The summed E-state index contributed by atoms with van der Waals surface area (Å²) in [7, 11) is 3.22. The summed E-state index contributed by atoms with van der Waals surface area (Å²) in [6.45, 7) is 0.330. The molecule has 11 heteroatoms. The van der Waals surface area contributed by atoms with E-state index in [4.69, 9.17) is 9.47 Å². The van der Waals surface area contributed by atoms with Gasteiger partial charge in [0.05, 0.1) is 42.8 Å². The Hall–Kier alpha value is -3.99. The van der Waals surface area contributed by atoms with E-state index in [1.165, 1.54) is 18.1 Å². The van der Waals surface area contributed by atoms with Gasteiger partial charge in [0.1, 0.15) is 11.6 Å². The van der Waals surface area contributed by atoms with Crippen LogP contribution in [-0.2, 0) is 27.8 Å². The molecule has 2 amide bonds. The lowest BCUT2D eigenvalue weighted by Crippen LogP contribution is -2.44. The minimum Gasteiger partial charge on any atom is -0.495 e. The molecule has 9 nitrogen and oxygen atoms in total. The van der Waals surface area contributed by atoms with E-state index >= 15 is 8.78 Å². The van der Waals surface area contributed by atoms with E-state index in [1.54, 1.807) is 6.20 Å². The number of hydrogen-bond acceptors (Lipinski definition) is 5. The molecule has 2 atom stereocenters. The minimum absolute atomic E-state index is 0.0639. The first-order chi connectivity index (χ1) is 20.2. The van der Waals surface area contributed by atoms with Crippen molar-refractivity contribution in [1.29, 1.82) is 0 Å². The van der Waals surface area contributed by atoms with Crippen LogP contribution in [0.2, 0.25) is 0 Å². The second-order valence-corrected chi connectivity index (χ2v) is 11.0. The largest absolute Gasteiger partial charge is 0.495 e. The third-order valence-corrected chi connectivity index (χ3v) is 8.37. The third-order valence-electron chi connectivity index (χ3n) is 8.37.